The van der Waals surface area contributed by atoms with Crippen LogP contribution in [0.2, 0.25) is 5.22 Å². The second kappa shape index (κ2) is 3.55. The van der Waals surface area contributed by atoms with Crippen molar-refractivity contribution in [2.24, 2.45) is 7.05 Å². The summed E-state index contributed by atoms with van der Waals surface area (Å²) in [5.41, 5.74) is 1.21. The zero-order valence-corrected chi connectivity index (χ0v) is 9.08. The van der Waals surface area contributed by atoms with E-state index in [0.29, 0.717) is 11.3 Å². The number of rotatable bonds is 2. The van der Waals surface area contributed by atoms with Crippen LogP contribution in [0.3, 0.4) is 0 Å². The van der Waals surface area contributed by atoms with E-state index in [1.165, 1.54) is 0 Å². The summed E-state index contributed by atoms with van der Waals surface area (Å²) in [4.78, 5) is 11.9. The lowest BCUT2D eigenvalue weighted by Crippen LogP contribution is -1.99. The van der Waals surface area contributed by atoms with Gasteiger partial charge in [0.1, 0.15) is 0 Å². The quantitative estimate of drug-likeness (QED) is 0.735. The first-order valence-corrected chi connectivity index (χ1v) is 4.76. The molecule has 0 unspecified atom stereocenters. The van der Waals surface area contributed by atoms with Crippen LogP contribution in [0.5, 0.6) is 0 Å². The van der Waals surface area contributed by atoms with Gasteiger partial charge in [-0.25, -0.2) is 0 Å². The Morgan fingerprint density at radius 2 is 2.27 bits per heavy atom. The van der Waals surface area contributed by atoms with E-state index in [9.17, 15) is 4.79 Å². The van der Waals surface area contributed by atoms with E-state index in [0.717, 1.165) is 0 Å². The third kappa shape index (κ3) is 1.80. The normalized spacial score (nSPS) is 10.6. The van der Waals surface area contributed by atoms with Crippen LogP contribution in [0.4, 0.5) is 0 Å². The lowest BCUT2D eigenvalue weighted by atomic mass is 10.1. The average Bonchev–Trinajstić information content (AvgIpc) is 2.71. The molecule has 0 saturated heterocycles. The lowest BCUT2D eigenvalue weighted by molar-refractivity contribution is 0.101. The van der Waals surface area contributed by atoms with Crippen LogP contribution in [0.15, 0.2) is 22.7 Å². The fourth-order valence-corrected chi connectivity index (χ4v) is 1.54. The first kappa shape index (κ1) is 9.98. The molecule has 0 saturated carbocycles. The Hall–Kier alpha value is -1.55. The van der Waals surface area contributed by atoms with Crippen molar-refractivity contribution in [1.82, 2.24) is 9.78 Å². The average molecular weight is 225 g/mol. The molecule has 2 heterocycles. The molecule has 15 heavy (non-hydrogen) atoms. The van der Waals surface area contributed by atoms with Gasteiger partial charge in [0.25, 0.3) is 0 Å². The number of ketones is 1. The number of aromatic nitrogens is 2. The van der Waals surface area contributed by atoms with Gasteiger partial charge in [0.2, 0.25) is 5.78 Å². The highest BCUT2D eigenvalue weighted by Crippen LogP contribution is 2.18. The Morgan fingerprint density at radius 1 is 1.53 bits per heavy atom. The van der Waals surface area contributed by atoms with Crippen LogP contribution >= 0.6 is 11.6 Å². The van der Waals surface area contributed by atoms with Crippen molar-refractivity contribution in [3.05, 3.63) is 40.6 Å². The summed E-state index contributed by atoms with van der Waals surface area (Å²) >= 11 is 5.60. The van der Waals surface area contributed by atoms with Gasteiger partial charge in [0, 0.05) is 13.2 Å². The van der Waals surface area contributed by atoms with Crippen molar-refractivity contribution in [3.63, 3.8) is 0 Å². The zero-order valence-electron chi connectivity index (χ0n) is 8.32. The highest BCUT2D eigenvalue weighted by molar-refractivity contribution is 6.29. The maximum absolute atomic E-state index is 11.9. The Bertz CT molecular complexity index is 513. The lowest BCUT2D eigenvalue weighted by Gasteiger charge is -1.93. The van der Waals surface area contributed by atoms with Gasteiger partial charge in [-0.3, -0.25) is 9.48 Å². The molecule has 4 nitrogen and oxygen atoms in total. The molecule has 78 valence electrons. The summed E-state index contributed by atoms with van der Waals surface area (Å²) in [6, 6.07) is 3.09. The highest BCUT2D eigenvalue weighted by atomic mass is 35.5. The number of furan rings is 1. The number of aryl methyl sites for hydroxylation is 2. The molecule has 2 aromatic heterocycles. The van der Waals surface area contributed by atoms with Crippen molar-refractivity contribution in [2.45, 2.75) is 6.92 Å². The van der Waals surface area contributed by atoms with Gasteiger partial charge >= 0.3 is 0 Å². The maximum Gasteiger partial charge on any atom is 0.231 e. The number of halogens is 1. The number of hydrogen-bond donors (Lipinski definition) is 0. The summed E-state index contributed by atoms with van der Waals surface area (Å²) in [5, 5.41) is 4.29. The van der Waals surface area contributed by atoms with E-state index in [1.807, 2.05) is 0 Å². The number of carbonyl (C=O) groups excluding carboxylic acids is 1. The van der Waals surface area contributed by atoms with Crippen LogP contribution < -0.4 is 0 Å². The Kier molecular flexibility index (Phi) is 2.36. The predicted molar refractivity (Wildman–Crippen MR) is 55.1 cm³/mol. The Balaban J connectivity index is 2.40. The minimum Gasteiger partial charge on any atom is -0.441 e. The molecule has 0 fully saturated rings. The third-order valence-electron chi connectivity index (χ3n) is 2.06. The molecule has 0 spiro atoms. The Morgan fingerprint density at radius 3 is 2.73 bits per heavy atom. The van der Waals surface area contributed by atoms with Gasteiger partial charge in [-0.1, -0.05) is 0 Å². The van der Waals surface area contributed by atoms with Crippen LogP contribution in [-0.4, -0.2) is 15.6 Å². The predicted octanol–water partition coefficient (Wildman–Crippen LogP) is 2.21. The molecule has 0 aliphatic carbocycles. The molecular weight excluding hydrogens is 216 g/mol. The number of nitrogens with zero attached hydrogens (tertiary/aromatic N) is 2. The molecule has 0 aliphatic rings. The van der Waals surface area contributed by atoms with E-state index >= 15 is 0 Å². The summed E-state index contributed by atoms with van der Waals surface area (Å²) < 4.78 is 6.63. The largest absolute Gasteiger partial charge is 0.441 e. The molecule has 0 N–H and O–H groups in total. The fourth-order valence-electron chi connectivity index (χ4n) is 1.39. The van der Waals surface area contributed by atoms with E-state index in [-0.39, 0.29) is 16.8 Å². The molecule has 5 heteroatoms. The standard InChI is InChI=1S/C10H9ClN2O2/c1-6-7(5-13(2)12-6)10(14)8-3-4-9(11)15-8/h3-5H,1-2H3. The van der Waals surface area contributed by atoms with Gasteiger partial charge in [-0.15, -0.1) is 0 Å². The Labute approximate surface area is 91.4 Å². The van der Waals surface area contributed by atoms with E-state index in [4.69, 9.17) is 16.0 Å². The first-order chi connectivity index (χ1) is 7.08. The third-order valence-corrected chi connectivity index (χ3v) is 2.26. The smallest absolute Gasteiger partial charge is 0.231 e. The summed E-state index contributed by atoms with van der Waals surface area (Å²) in [6.07, 6.45) is 1.66. The van der Waals surface area contributed by atoms with Crippen molar-refractivity contribution in [3.8, 4) is 0 Å². The summed E-state index contributed by atoms with van der Waals surface area (Å²) in [5.74, 6) is 0.0311. The monoisotopic (exact) mass is 224 g/mol. The van der Waals surface area contributed by atoms with Crippen LogP contribution in [0.1, 0.15) is 21.8 Å². The first-order valence-electron chi connectivity index (χ1n) is 4.38. The van der Waals surface area contributed by atoms with Crippen LogP contribution in [0, 0.1) is 6.92 Å². The van der Waals surface area contributed by atoms with Crippen molar-refractivity contribution < 1.29 is 9.21 Å². The van der Waals surface area contributed by atoms with E-state index < -0.39 is 0 Å². The molecule has 2 aromatic rings. The molecular formula is C10H9ClN2O2. The van der Waals surface area contributed by atoms with E-state index in [2.05, 4.69) is 5.10 Å². The zero-order chi connectivity index (χ0) is 11.0. The van der Waals surface area contributed by atoms with Crippen LogP contribution in [0.25, 0.3) is 0 Å². The fraction of sp³-hybridized carbons (Fsp3) is 0.200. The van der Waals surface area contributed by atoms with E-state index in [1.54, 1.807) is 37.0 Å². The topological polar surface area (TPSA) is 48.0 Å². The molecule has 0 atom stereocenters. The number of carbonyl (C=O) groups is 1. The minimum absolute atomic E-state index is 0.201. The van der Waals surface area contributed by atoms with Crippen molar-refractivity contribution in [2.75, 3.05) is 0 Å². The van der Waals surface area contributed by atoms with Gasteiger partial charge in [0.15, 0.2) is 11.0 Å². The van der Waals surface area contributed by atoms with Gasteiger partial charge in [-0.05, 0) is 30.7 Å². The van der Waals surface area contributed by atoms with Crippen molar-refractivity contribution in [1.29, 1.82) is 0 Å². The minimum atomic E-state index is -0.201. The van der Waals surface area contributed by atoms with Gasteiger partial charge in [-0.2, -0.15) is 5.10 Å². The second-order valence-electron chi connectivity index (χ2n) is 3.23. The molecule has 0 aromatic carbocycles. The number of hydrogen-bond acceptors (Lipinski definition) is 3. The van der Waals surface area contributed by atoms with Gasteiger partial charge in [0.05, 0.1) is 11.3 Å². The SMILES string of the molecule is Cc1nn(C)cc1C(=O)c1ccc(Cl)o1. The van der Waals surface area contributed by atoms with Crippen molar-refractivity contribution >= 4 is 17.4 Å². The molecule has 0 bridgehead atoms. The molecule has 0 radical (unpaired) electrons. The molecule has 2 rings (SSSR count). The molecule has 0 amide bonds. The second-order valence-corrected chi connectivity index (χ2v) is 3.61. The highest BCUT2D eigenvalue weighted by Gasteiger charge is 2.17. The summed E-state index contributed by atoms with van der Waals surface area (Å²) in [6.45, 7) is 1.78. The maximum atomic E-state index is 11.9. The van der Waals surface area contributed by atoms with Crippen LogP contribution in [-0.2, 0) is 7.05 Å². The van der Waals surface area contributed by atoms with Gasteiger partial charge < -0.3 is 4.42 Å². The molecule has 0 aliphatic heterocycles. The summed E-state index contributed by atoms with van der Waals surface area (Å²) in [7, 11) is 1.76.